The SMILES string of the molecule is COc1ccccc1SCC1(CBr)CCC1. The van der Waals surface area contributed by atoms with E-state index >= 15 is 0 Å². The van der Waals surface area contributed by atoms with Crippen LogP contribution in [0.1, 0.15) is 19.3 Å². The summed E-state index contributed by atoms with van der Waals surface area (Å²) in [4.78, 5) is 1.26. The predicted molar refractivity (Wildman–Crippen MR) is 73.8 cm³/mol. The lowest BCUT2D eigenvalue weighted by molar-refractivity contribution is 0.206. The van der Waals surface area contributed by atoms with Crippen LogP contribution in [0.3, 0.4) is 0 Å². The van der Waals surface area contributed by atoms with Gasteiger partial charge >= 0.3 is 0 Å². The van der Waals surface area contributed by atoms with E-state index in [1.54, 1.807) is 7.11 Å². The fourth-order valence-corrected chi connectivity index (χ4v) is 4.30. The first-order chi connectivity index (χ1) is 7.79. The van der Waals surface area contributed by atoms with Crippen LogP contribution in [-0.4, -0.2) is 18.2 Å². The molecule has 1 aromatic carbocycles. The molecular weight excluding hydrogens is 284 g/mol. The van der Waals surface area contributed by atoms with E-state index in [2.05, 4.69) is 28.1 Å². The molecule has 0 heterocycles. The predicted octanol–water partition coefficient (Wildman–Crippen LogP) is 4.35. The number of benzene rings is 1. The first-order valence-corrected chi connectivity index (χ1v) is 7.72. The third-order valence-electron chi connectivity index (χ3n) is 3.30. The van der Waals surface area contributed by atoms with Gasteiger partial charge in [0.05, 0.1) is 7.11 Å². The summed E-state index contributed by atoms with van der Waals surface area (Å²) in [5.74, 6) is 2.19. The molecule has 3 heteroatoms. The van der Waals surface area contributed by atoms with Gasteiger partial charge in [0.25, 0.3) is 0 Å². The van der Waals surface area contributed by atoms with Gasteiger partial charge in [0, 0.05) is 16.0 Å². The van der Waals surface area contributed by atoms with Crippen LogP contribution >= 0.6 is 27.7 Å². The lowest BCUT2D eigenvalue weighted by Gasteiger charge is -2.40. The molecule has 0 aromatic heterocycles. The summed E-state index contributed by atoms with van der Waals surface area (Å²) >= 11 is 5.57. The number of thioether (sulfide) groups is 1. The number of hydrogen-bond acceptors (Lipinski definition) is 2. The molecule has 16 heavy (non-hydrogen) atoms. The first kappa shape index (κ1) is 12.3. The number of rotatable bonds is 5. The molecule has 0 atom stereocenters. The summed E-state index contributed by atoms with van der Waals surface area (Å²) in [5, 5.41) is 1.13. The van der Waals surface area contributed by atoms with Crippen molar-refractivity contribution in [2.75, 3.05) is 18.2 Å². The molecule has 1 aliphatic carbocycles. The Morgan fingerprint density at radius 2 is 2.12 bits per heavy atom. The maximum Gasteiger partial charge on any atom is 0.132 e. The molecule has 0 amide bonds. The van der Waals surface area contributed by atoms with Crippen molar-refractivity contribution >= 4 is 27.7 Å². The lowest BCUT2D eigenvalue weighted by Crippen LogP contribution is -2.33. The minimum absolute atomic E-state index is 0.533. The van der Waals surface area contributed by atoms with E-state index in [0.29, 0.717) is 5.41 Å². The Labute approximate surface area is 110 Å². The first-order valence-electron chi connectivity index (χ1n) is 5.61. The van der Waals surface area contributed by atoms with Crippen LogP contribution in [0.25, 0.3) is 0 Å². The van der Waals surface area contributed by atoms with Crippen molar-refractivity contribution in [2.45, 2.75) is 24.2 Å². The van der Waals surface area contributed by atoms with Gasteiger partial charge < -0.3 is 4.74 Å². The zero-order valence-corrected chi connectivity index (χ0v) is 11.9. The third kappa shape index (κ3) is 2.57. The van der Waals surface area contributed by atoms with Crippen molar-refractivity contribution in [1.82, 2.24) is 0 Å². The summed E-state index contributed by atoms with van der Waals surface area (Å²) in [7, 11) is 1.74. The van der Waals surface area contributed by atoms with Crippen LogP contribution in [0.5, 0.6) is 5.75 Å². The van der Waals surface area contributed by atoms with Gasteiger partial charge in [0.2, 0.25) is 0 Å². The van der Waals surface area contributed by atoms with Crippen molar-refractivity contribution in [2.24, 2.45) is 5.41 Å². The highest BCUT2D eigenvalue weighted by Gasteiger charge is 2.35. The highest BCUT2D eigenvalue weighted by atomic mass is 79.9. The van der Waals surface area contributed by atoms with Crippen LogP contribution in [0.15, 0.2) is 29.2 Å². The minimum Gasteiger partial charge on any atom is -0.496 e. The molecule has 0 unspecified atom stereocenters. The number of alkyl halides is 1. The summed E-state index contributed by atoms with van der Waals surface area (Å²) in [5.41, 5.74) is 0.533. The molecule has 88 valence electrons. The number of ether oxygens (including phenoxy) is 1. The second kappa shape index (κ2) is 5.46. The van der Waals surface area contributed by atoms with E-state index in [-0.39, 0.29) is 0 Å². The Morgan fingerprint density at radius 1 is 1.38 bits per heavy atom. The summed E-state index contributed by atoms with van der Waals surface area (Å²) in [6.45, 7) is 0. The van der Waals surface area contributed by atoms with E-state index in [1.807, 2.05) is 23.9 Å². The molecular formula is C13H17BrOS. The van der Waals surface area contributed by atoms with E-state index in [9.17, 15) is 0 Å². The molecule has 1 nitrogen and oxygen atoms in total. The fraction of sp³-hybridized carbons (Fsp3) is 0.538. The van der Waals surface area contributed by atoms with Gasteiger partial charge in [0.15, 0.2) is 0 Å². The Bertz CT molecular complexity index is 344. The Hall–Kier alpha value is -0.150. The maximum atomic E-state index is 5.36. The monoisotopic (exact) mass is 300 g/mol. The zero-order chi connectivity index (χ0) is 11.4. The quantitative estimate of drug-likeness (QED) is 0.590. The minimum atomic E-state index is 0.533. The number of halogens is 1. The molecule has 0 bridgehead atoms. The van der Waals surface area contributed by atoms with Crippen LogP contribution < -0.4 is 4.74 Å². The van der Waals surface area contributed by atoms with Gasteiger partial charge in [0.1, 0.15) is 5.75 Å². The zero-order valence-electron chi connectivity index (χ0n) is 9.54. The average molecular weight is 301 g/mol. The fourth-order valence-electron chi connectivity index (χ4n) is 1.96. The molecule has 0 N–H and O–H groups in total. The van der Waals surface area contributed by atoms with Gasteiger partial charge in [-0.25, -0.2) is 0 Å². The molecule has 1 aliphatic rings. The Morgan fingerprint density at radius 3 is 2.69 bits per heavy atom. The second-order valence-corrected chi connectivity index (χ2v) is 6.00. The van der Waals surface area contributed by atoms with E-state index < -0.39 is 0 Å². The Kier molecular flexibility index (Phi) is 4.20. The van der Waals surface area contributed by atoms with Crippen molar-refractivity contribution < 1.29 is 4.74 Å². The summed E-state index contributed by atoms with van der Waals surface area (Å²) in [6.07, 6.45) is 4.11. The standard InChI is InChI=1S/C13H17BrOS/c1-15-11-5-2-3-6-12(11)16-10-13(9-14)7-4-8-13/h2-3,5-6H,4,7-10H2,1H3. The van der Waals surface area contributed by atoms with Gasteiger partial charge in [-0.1, -0.05) is 34.5 Å². The lowest BCUT2D eigenvalue weighted by atomic mass is 9.72. The normalized spacial score (nSPS) is 17.9. The Balaban J connectivity index is 1.98. The van der Waals surface area contributed by atoms with Crippen molar-refractivity contribution in [3.63, 3.8) is 0 Å². The molecule has 0 saturated heterocycles. The maximum absolute atomic E-state index is 5.36. The molecule has 0 aliphatic heterocycles. The van der Waals surface area contributed by atoms with Gasteiger partial charge in [-0.3, -0.25) is 0 Å². The number of hydrogen-bond donors (Lipinski definition) is 0. The van der Waals surface area contributed by atoms with Crippen LogP contribution in [0.4, 0.5) is 0 Å². The topological polar surface area (TPSA) is 9.23 Å². The average Bonchev–Trinajstić information content (AvgIpc) is 2.29. The molecule has 1 fully saturated rings. The van der Waals surface area contributed by atoms with E-state index in [4.69, 9.17) is 4.74 Å². The van der Waals surface area contributed by atoms with Gasteiger partial charge in [-0.05, 0) is 30.4 Å². The second-order valence-electron chi connectivity index (χ2n) is 4.43. The number of para-hydroxylation sites is 1. The van der Waals surface area contributed by atoms with Crippen LogP contribution in [0, 0.1) is 5.41 Å². The van der Waals surface area contributed by atoms with Crippen molar-refractivity contribution in [3.05, 3.63) is 24.3 Å². The largest absolute Gasteiger partial charge is 0.496 e. The van der Waals surface area contributed by atoms with Crippen LogP contribution in [-0.2, 0) is 0 Å². The summed E-state index contributed by atoms with van der Waals surface area (Å²) < 4.78 is 5.36. The highest BCUT2D eigenvalue weighted by Crippen LogP contribution is 2.46. The van der Waals surface area contributed by atoms with Crippen molar-refractivity contribution in [1.29, 1.82) is 0 Å². The molecule has 0 radical (unpaired) electrons. The van der Waals surface area contributed by atoms with E-state index in [0.717, 1.165) is 11.1 Å². The van der Waals surface area contributed by atoms with E-state index in [1.165, 1.54) is 29.9 Å². The molecule has 1 saturated carbocycles. The highest BCUT2D eigenvalue weighted by molar-refractivity contribution is 9.09. The van der Waals surface area contributed by atoms with Gasteiger partial charge in [-0.2, -0.15) is 0 Å². The molecule has 2 rings (SSSR count). The summed E-state index contributed by atoms with van der Waals surface area (Å²) in [6, 6.07) is 8.27. The van der Waals surface area contributed by atoms with Crippen LogP contribution in [0.2, 0.25) is 0 Å². The molecule has 1 aromatic rings. The number of methoxy groups -OCH3 is 1. The molecule has 0 spiro atoms. The van der Waals surface area contributed by atoms with Gasteiger partial charge in [-0.15, -0.1) is 11.8 Å². The smallest absolute Gasteiger partial charge is 0.132 e. The van der Waals surface area contributed by atoms with Crippen molar-refractivity contribution in [3.8, 4) is 5.75 Å². The third-order valence-corrected chi connectivity index (χ3v) is 5.90.